The zero-order valence-corrected chi connectivity index (χ0v) is 18.1. The van der Waals surface area contributed by atoms with Crippen LogP contribution in [0.2, 0.25) is 0 Å². The minimum atomic E-state index is -3.60. The molecular weight excluding hydrogens is 410 g/mol. The lowest BCUT2D eigenvalue weighted by atomic mass is 10.0. The van der Waals surface area contributed by atoms with Crippen molar-refractivity contribution in [1.82, 2.24) is 10.3 Å². The highest BCUT2D eigenvalue weighted by Gasteiger charge is 2.19. The molecule has 1 atom stereocenters. The molecule has 158 valence electrons. The largest absolute Gasteiger partial charge is 0.350 e. The third kappa shape index (κ3) is 4.41. The van der Waals surface area contributed by atoms with Gasteiger partial charge in [0.2, 0.25) is 15.7 Å². The molecule has 0 radical (unpaired) electrons. The molecule has 31 heavy (non-hydrogen) atoms. The van der Waals surface area contributed by atoms with Crippen molar-refractivity contribution in [3.63, 3.8) is 0 Å². The maximum Gasteiger partial charge on any atom is 0.249 e. The van der Waals surface area contributed by atoms with Crippen molar-refractivity contribution in [2.75, 3.05) is 0 Å². The van der Waals surface area contributed by atoms with Crippen LogP contribution in [0.1, 0.15) is 30.9 Å². The van der Waals surface area contributed by atoms with Crippen LogP contribution in [0, 0.1) is 0 Å². The average Bonchev–Trinajstić information content (AvgIpc) is 3.22. The summed E-state index contributed by atoms with van der Waals surface area (Å²) >= 11 is 0. The fourth-order valence-electron chi connectivity index (χ4n) is 3.39. The van der Waals surface area contributed by atoms with E-state index in [1.807, 2.05) is 19.9 Å². The highest BCUT2D eigenvalue weighted by molar-refractivity contribution is 7.91. The fraction of sp³-hybridized carbons (Fsp3) is 0.208. The first kappa shape index (κ1) is 20.9. The number of fused-ring (bicyclic) bond motifs is 1. The Morgan fingerprint density at radius 2 is 1.84 bits per heavy atom. The molecule has 2 aromatic carbocycles. The van der Waals surface area contributed by atoms with Gasteiger partial charge in [0.25, 0.3) is 0 Å². The van der Waals surface area contributed by atoms with E-state index in [1.54, 1.807) is 67.0 Å². The third-order valence-corrected chi connectivity index (χ3v) is 7.01. The number of sulfone groups is 1. The lowest BCUT2D eigenvalue weighted by Gasteiger charge is -2.11. The Hall–Kier alpha value is -3.32. The molecule has 0 saturated heterocycles. The van der Waals surface area contributed by atoms with Crippen molar-refractivity contribution in [2.24, 2.45) is 4.99 Å². The summed E-state index contributed by atoms with van der Waals surface area (Å²) < 4.78 is 26.0. The lowest BCUT2D eigenvalue weighted by molar-refractivity contribution is -0.121. The Kier molecular flexibility index (Phi) is 5.69. The zero-order chi connectivity index (χ0) is 22.0. The molecule has 1 unspecified atom stereocenters. The fourth-order valence-corrected chi connectivity index (χ4v) is 4.71. The Bertz CT molecular complexity index is 1310. The van der Waals surface area contributed by atoms with E-state index in [0.717, 1.165) is 21.7 Å². The van der Waals surface area contributed by atoms with E-state index in [-0.39, 0.29) is 28.2 Å². The maximum absolute atomic E-state index is 13.0. The number of hydrogen-bond donors (Lipinski definition) is 1. The van der Waals surface area contributed by atoms with Crippen molar-refractivity contribution in [2.45, 2.75) is 42.1 Å². The third-order valence-electron chi connectivity index (χ3n) is 5.25. The number of benzene rings is 2. The van der Waals surface area contributed by atoms with Crippen molar-refractivity contribution >= 4 is 21.8 Å². The standard InChI is InChI=1S/C24H23N3O3S/c1-16(2)18-4-3-5-21(12-18)31(29,30)20-8-6-17(7-9-20)14-26-24(28)23-13-19-15-25-11-10-22(19)27-23/h3-13,15-16,23H,14H2,1-2H3,(H,26,28). The van der Waals surface area contributed by atoms with Gasteiger partial charge in [0, 0.05) is 24.2 Å². The number of nitrogens with zero attached hydrogens (tertiary/aromatic N) is 2. The van der Waals surface area contributed by atoms with Gasteiger partial charge in [-0.25, -0.2) is 8.42 Å². The summed E-state index contributed by atoms with van der Waals surface area (Å²) in [5.41, 5.74) is 1.79. The molecule has 3 aromatic rings. The predicted octanol–water partition coefficient (Wildman–Crippen LogP) is 2.14. The van der Waals surface area contributed by atoms with Crippen molar-refractivity contribution in [1.29, 1.82) is 0 Å². The molecule has 1 aliphatic rings. The average molecular weight is 434 g/mol. The van der Waals surface area contributed by atoms with Crippen molar-refractivity contribution in [3.05, 3.63) is 88.7 Å². The lowest BCUT2D eigenvalue weighted by Crippen LogP contribution is -2.31. The van der Waals surface area contributed by atoms with Gasteiger partial charge in [-0.05, 0) is 53.5 Å². The van der Waals surface area contributed by atoms with Crippen LogP contribution in [0.5, 0.6) is 0 Å². The molecule has 0 saturated carbocycles. The number of rotatable bonds is 6. The van der Waals surface area contributed by atoms with Crippen LogP contribution >= 0.6 is 0 Å². The normalized spacial score (nSPS) is 15.1. The smallest absolute Gasteiger partial charge is 0.249 e. The second kappa shape index (κ2) is 8.43. The summed E-state index contributed by atoms with van der Waals surface area (Å²) in [5.74, 6) is 0.0347. The van der Waals surface area contributed by atoms with E-state index in [9.17, 15) is 13.2 Å². The monoisotopic (exact) mass is 433 g/mol. The molecule has 6 nitrogen and oxygen atoms in total. The summed E-state index contributed by atoms with van der Waals surface area (Å²) in [5, 5.41) is 4.45. The predicted molar refractivity (Wildman–Crippen MR) is 118 cm³/mol. The van der Waals surface area contributed by atoms with Crippen LogP contribution in [0.4, 0.5) is 0 Å². The number of aromatic nitrogens is 1. The second-order valence-electron chi connectivity index (χ2n) is 7.77. The summed E-state index contributed by atoms with van der Waals surface area (Å²) in [4.78, 5) is 21.4. The van der Waals surface area contributed by atoms with E-state index in [2.05, 4.69) is 15.3 Å². The van der Waals surface area contributed by atoms with Gasteiger partial charge in [0.05, 0.1) is 15.1 Å². The van der Waals surface area contributed by atoms with Crippen LogP contribution in [-0.2, 0) is 21.2 Å². The van der Waals surface area contributed by atoms with Crippen LogP contribution in [0.25, 0.3) is 6.08 Å². The van der Waals surface area contributed by atoms with Gasteiger partial charge in [-0.3, -0.25) is 14.8 Å². The number of carbonyl (C=O) groups is 1. The first-order valence-electron chi connectivity index (χ1n) is 10.1. The maximum atomic E-state index is 13.0. The Morgan fingerprint density at radius 1 is 1.06 bits per heavy atom. The second-order valence-corrected chi connectivity index (χ2v) is 9.72. The number of hydrogen-bond acceptors (Lipinski definition) is 5. The number of pyridine rings is 1. The first-order chi connectivity index (χ1) is 14.8. The Balaban J connectivity index is 1.44. The summed E-state index contributed by atoms with van der Waals surface area (Å²) in [6.07, 6.45) is 5.10. The van der Waals surface area contributed by atoms with Gasteiger partial charge in [0.15, 0.2) is 0 Å². The SMILES string of the molecule is CC(C)c1cccc(S(=O)(=O)c2ccc(CNC(=O)C3C=c4cnccc4=N3)cc2)c1. The molecule has 0 bridgehead atoms. The first-order valence-corrected chi connectivity index (χ1v) is 11.5. The van der Waals surface area contributed by atoms with E-state index in [0.29, 0.717) is 0 Å². The van der Waals surface area contributed by atoms with Crippen molar-refractivity contribution in [3.8, 4) is 0 Å². The van der Waals surface area contributed by atoms with Gasteiger partial charge in [0.1, 0.15) is 6.04 Å². The minimum absolute atomic E-state index is 0.210. The van der Waals surface area contributed by atoms with Gasteiger partial charge in [-0.1, -0.05) is 38.1 Å². The number of amides is 1. The van der Waals surface area contributed by atoms with Crippen LogP contribution in [-0.4, -0.2) is 25.4 Å². The van der Waals surface area contributed by atoms with Crippen LogP contribution in [0.3, 0.4) is 0 Å². The molecule has 4 rings (SSSR count). The molecule has 0 spiro atoms. The van der Waals surface area contributed by atoms with E-state index in [1.165, 1.54) is 0 Å². The highest BCUT2D eigenvalue weighted by Crippen LogP contribution is 2.24. The van der Waals surface area contributed by atoms with E-state index in [4.69, 9.17) is 0 Å². The van der Waals surface area contributed by atoms with E-state index < -0.39 is 15.9 Å². The zero-order valence-electron chi connectivity index (χ0n) is 17.3. The number of carbonyl (C=O) groups excluding carboxylic acids is 1. The highest BCUT2D eigenvalue weighted by atomic mass is 32.2. The van der Waals surface area contributed by atoms with Crippen LogP contribution < -0.4 is 15.9 Å². The van der Waals surface area contributed by atoms with Gasteiger partial charge < -0.3 is 5.32 Å². The minimum Gasteiger partial charge on any atom is -0.350 e. The molecular formula is C24H23N3O3S. The van der Waals surface area contributed by atoms with Gasteiger partial charge in [-0.15, -0.1) is 0 Å². The Labute approximate surface area is 181 Å². The molecule has 0 fully saturated rings. The topological polar surface area (TPSA) is 88.5 Å². The summed E-state index contributed by atoms with van der Waals surface area (Å²) in [6, 6.07) is 14.8. The van der Waals surface area contributed by atoms with Gasteiger partial charge >= 0.3 is 0 Å². The van der Waals surface area contributed by atoms with E-state index >= 15 is 0 Å². The molecule has 2 heterocycles. The van der Waals surface area contributed by atoms with Gasteiger partial charge in [-0.2, -0.15) is 0 Å². The molecule has 1 amide bonds. The molecule has 7 heteroatoms. The molecule has 1 N–H and O–H groups in total. The number of nitrogens with one attached hydrogen (secondary N) is 1. The summed E-state index contributed by atoms with van der Waals surface area (Å²) in [6.45, 7) is 4.35. The summed E-state index contributed by atoms with van der Waals surface area (Å²) in [7, 11) is -3.60. The molecule has 0 aliphatic carbocycles. The van der Waals surface area contributed by atoms with Crippen molar-refractivity contribution < 1.29 is 13.2 Å². The molecule has 1 aliphatic heterocycles. The Morgan fingerprint density at radius 3 is 2.55 bits per heavy atom. The molecule has 1 aromatic heterocycles. The van der Waals surface area contributed by atoms with Crippen LogP contribution in [0.15, 0.2) is 81.8 Å². The quantitative estimate of drug-likeness (QED) is 0.645.